The molecule has 0 saturated carbocycles. The Balaban J connectivity index is 1.41. The second kappa shape index (κ2) is 11.5. The molecule has 15 nitrogen and oxygen atoms in total. The molecule has 3 heterocycles. The van der Waals surface area contributed by atoms with Gasteiger partial charge in [0.25, 0.3) is 11.6 Å². The van der Waals surface area contributed by atoms with Crippen LogP contribution in [0.15, 0.2) is 34.8 Å². The maximum atomic E-state index is 13.0. The summed E-state index contributed by atoms with van der Waals surface area (Å²) in [4.78, 5) is 69.5. The number of carbonyl (C=O) groups is 4. The van der Waals surface area contributed by atoms with Crippen LogP contribution in [0, 0.1) is 10.1 Å². The van der Waals surface area contributed by atoms with Gasteiger partial charge in [0.1, 0.15) is 30.8 Å². The molecule has 2 aliphatic rings. The molecule has 38 heavy (non-hydrogen) atoms. The third-order valence-corrected chi connectivity index (χ3v) is 7.71. The third kappa shape index (κ3) is 5.43. The summed E-state index contributed by atoms with van der Waals surface area (Å²) in [7, 11) is 1.23. The van der Waals surface area contributed by atoms with Gasteiger partial charge in [0.2, 0.25) is 12.3 Å². The first-order valence-electron chi connectivity index (χ1n) is 10.8. The minimum atomic E-state index is -1.29. The predicted octanol–water partition coefficient (Wildman–Crippen LogP) is -0.157. The molecule has 4 rings (SSSR count). The number of hydrogen-bond acceptors (Lipinski definition) is 13. The van der Waals surface area contributed by atoms with Crippen LogP contribution >= 0.6 is 23.1 Å². The number of benzene rings is 1. The highest BCUT2D eigenvalue weighted by Crippen LogP contribution is 2.38. The highest BCUT2D eigenvalue weighted by molar-refractivity contribution is 8.00. The summed E-state index contributed by atoms with van der Waals surface area (Å²) in [6.07, 6.45) is -0.773. The molecule has 1 aromatic carbocycles. The van der Waals surface area contributed by atoms with E-state index < -0.39 is 46.3 Å². The number of rotatable bonds is 10. The molecule has 2 aliphatic heterocycles. The minimum Gasteiger partial charge on any atom is -0.459 e. The number of ether oxygens (including phenoxy) is 1. The molecule has 3 N–H and O–H groups in total. The van der Waals surface area contributed by atoms with Gasteiger partial charge in [-0.15, -0.1) is 23.1 Å². The number of non-ortho nitro benzene ring substituents is 1. The van der Waals surface area contributed by atoms with Gasteiger partial charge in [-0.3, -0.25) is 24.5 Å². The average molecular weight is 565 g/mol. The fraction of sp³-hybridized carbons (Fsp3) is 0.333. The van der Waals surface area contributed by atoms with Crippen LogP contribution in [0.2, 0.25) is 0 Å². The van der Waals surface area contributed by atoms with Gasteiger partial charge < -0.3 is 30.2 Å². The number of nitro groups is 1. The van der Waals surface area contributed by atoms with E-state index in [-0.39, 0.29) is 34.6 Å². The van der Waals surface area contributed by atoms with E-state index in [4.69, 9.17) is 9.57 Å². The molecule has 0 aliphatic carbocycles. The summed E-state index contributed by atoms with van der Waals surface area (Å²) in [5, 5.41) is 30.9. The molecule has 2 fully saturated rings. The van der Waals surface area contributed by atoms with Crippen molar-refractivity contribution in [2.75, 3.05) is 18.2 Å². The Hall–Kier alpha value is -4.09. The maximum absolute atomic E-state index is 13.0. The van der Waals surface area contributed by atoms with Crippen molar-refractivity contribution in [2.45, 2.75) is 30.2 Å². The Morgan fingerprint density at radius 3 is 2.76 bits per heavy atom. The summed E-state index contributed by atoms with van der Waals surface area (Å²) in [5.74, 6) is -2.12. The van der Waals surface area contributed by atoms with Gasteiger partial charge >= 0.3 is 5.97 Å². The zero-order valence-electron chi connectivity index (χ0n) is 19.5. The maximum Gasteiger partial charge on any atom is 0.331 e. The van der Waals surface area contributed by atoms with Crippen molar-refractivity contribution in [2.24, 2.45) is 5.16 Å². The molecule has 3 unspecified atom stereocenters. The zero-order valence-corrected chi connectivity index (χ0v) is 21.1. The van der Waals surface area contributed by atoms with Crippen molar-refractivity contribution < 1.29 is 38.8 Å². The standard InChI is InChI=1S/C21H20N6O9S2/c1-35-25-14(12-7-38-21(23-12)22-9-28)17(30)24-15-18(31)26-16(13(29)8-37-19(15)26)20(32)36-6-10-2-4-11(5-3-10)27(33)34/h2-5,7,9,13,15-16,19,29H,6,8H2,1H3,(H,24,30)(H,22,23,28)/t13?,15?,16?,19-/m1/s1. The summed E-state index contributed by atoms with van der Waals surface area (Å²) in [6.45, 7) is -0.217. The van der Waals surface area contributed by atoms with E-state index in [1.807, 2.05) is 0 Å². The van der Waals surface area contributed by atoms with Crippen molar-refractivity contribution in [3.8, 4) is 0 Å². The SMILES string of the molecule is CON=C(C(=O)NC1C(=O)N2C(C(=O)OCc3ccc([N+](=O)[O-])cc3)C(O)CS[C@H]12)c1csc(NC=O)n1. The van der Waals surface area contributed by atoms with Gasteiger partial charge in [-0.05, 0) is 17.7 Å². The number of aromatic nitrogens is 1. The van der Waals surface area contributed by atoms with E-state index in [1.54, 1.807) is 0 Å². The van der Waals surface area contributed by atoms with E-state index in [9.17, 15) is 34.4 Å². The summed E-state index contributed by atoms with van der Waals surface area (Å²) >= 11 is 2.24. The average Bonchev–Trinajstić information content (AvgIpc) is 3.37. The Bertz CT molecular complexity index is 1280. The Labute approximate surface area is 222 Å². The van der Waals surface area contributed by atoms with E-state index in [1.165, 1.54) is 48.5 Å². The van der Waals surface area contributed by atoms with Crippen LogP contribution < -0.4 is 10.6 Å². The van der Waals surface area contributed by atoms with Crippen LogP contribution in [0.5, 0.6) is 0 Å². The third-order valence-electron chi connectivity index (χ3n) is 5.56. The van der Waals surface area contributed by atoms with Gasteiger partial charge in [0.05, 0.1) is 11.0 Å². The van der Waals surface area contributed by atoms with E-state index in [2.05, 4.69) is 20.8 Å². The first kappa shape index (κ1) is 27.0. The molecule has 2 saturated heterocycles. The van der Waals surface area contributed by atoms with E-state index in [0.717, 1.165) is 16.2 Å². The second-order valence-electron chi connectivity index (χ2n) is 7.89. The number of aliphatic hydroxyl groups is 1. The van der Waals surface area contributed by atoms with Gasteiger partial charge in [0, 0.05) is 23.3 Å². The van der Waals surface area contributed by atoms with Crippen molar-refractivity contribution in [3.63, 3.8) is 0 Å². The fourth-order valence-electron chi connectivity index (χ4n) is 3.79. The highest BCUT2D eigenvalue weighted by Gasteiger charge is 2.58. The number of oxime groups is 1. The number of nitro benzene ring substituents is 1. The number of esters is 1. The molecular weight excluding hydrogens is 544 g/mol. The number of carbonyl (C=O) groups excluding carboxylic acids is 4. The number of nitrogens with one attached hydrogen (secondary N) is 2. The molecular formula is C21H20N6O9S2. The minimum absolute atomic E-state index is 0.101. The normalized spacial score (nSPS) is 22.5. The van der Waals surface area contributed by atoms with Crippen molar-refractivity contribution >= 4 is 63.8 Å². The smallest absolute Gasteiger partial charge is 0.331 e. The number of β-lactam (4-membered cyclic amide) rings is 1. The van der Waals surface area contributed by atoms with Crippen LogP contribution in [-0.4, -0.2) is 86.2 Å². The lowest BCUT2D eigenvalue weighted by Crippen LogP contribution is -2.77. The largest absolute Gasteiger partial charge is 0.459 e. The number of fused-ring (bicyclic) bond motifs is 1. The van der Waals surface area contributed by atoms with Crippen molar-refractivity contribution in [1.82, 2.24) is 15.2 Å². The first-order chi connectivity index (χ1) is 18.2. The molecule has 2 aromatic rings. The highest BCUT2D eigenvalue weighted by atomic mass is 32.2. The van der Waals surface area contributed by atoms with Crippen LogP contribution in [0.25, 0.3) is 0 Å². The number of thiazole rings is 1. The molecule has 0 spiro atoms. The topological polar surface area (TPSA) is 203 Å². The second-order valence-corrected chi connectivity index (χ2v) is 9.89. The molecule has 0 radical (unpaired) electrons. The number of hydrogen-bond donors (Lipinski definition) is 3. The zero-order chi connectivity index (χ0) is 27.4. The van der Waals surface area contributed by atoms with E-state index in [0.29, 0.717) is 12.0 Å². The van der Waals surface area contributed by atoms with Gasteiger partial charge in [0.15, 0.2) is 16.9 Å². The number of anilines is 1. The molecule has 17 heteroatoms. The van der Waals surface area contributed by atoms with Crippen LogP contribution in [-0.2, 0) is 35.4 Å². The van der Waals surface area contributed by atoms with Gasteiger partial charge in [-0.1, -0.05) is 5.16 Å². The monoisotopic (exact) mass is 564 g/mol. The molecule has 200 valence electrons. The quantitative estimate of drug-likeness (QED) is 0.0864. The van der Waals surface area contributed by atoms with E-state index >= 15 is 0 Å². The lowest BCUT2D eigenvalue weighted by molar-refractivity contribution is -0.384. The van der Waals surface area contributed by atoms with Crippen molar-refractivity contribution in [3.05, 3.63) is 51.0 Å². The van der Waals surface area contributed by atoms with Crippen LogP contribution in [0.4, 0.5) is 10.8 Å². The van der Waals surface area contributed by atoms with Crippen molar-refractivity contribution in [1.29, 1.82) is 0 Å². The van der Waals surface area contributed by atoms with Gasteiger partial charge in [-0.2, -0.15) is 0 Å². The number of aliphatic hydroxyl groups excluding tert-OH is 1. The number of thioether (sulfide) groups is 1. The molecule has 0 bridgehead atoms. The van der Waals surface area contributed by atoms with Crippen LogP contribution in [0.3, 0.4) is 0 Å². The van der Waals surface area contributed by atoms with Gasteiger partial charge in [-0.25, -0.2) is 9.78 Å². The van der Waals surface area contributed by atoms with Crippen LogP contribution in [0.1, 0.15) is 11.3 Å². The number of amides is 3. The lowest BCUT2D eigenvalue weighted by atomic mass is 9.99. The number of nitrogens with zero attached hydrogens (tertiary/aromatic N) is 4. The lowest BCUT2D eigenvalue weighted by Gasteiger charge is -2.53. The Morgan fingerprint density at radius 1 is 1.37 bits per heavy atom. The Kier molecular flexibility index (Phi) is 8.18. The molecule has 4 atom stereocenters. The molecule has 3 amide bonds. The molecule has 1 aromatic heterocycles. The Morgan fingerprint density at radius 2 is 2.11 bits per heavy atom. The fourth-order valence-corrected chi connectivity index (χ4v) is 5.80. The summed E-state index contributed by atoms with van der Waals surface area (Å²) in [6, 6.07) is 3.09. The first-order valence-corrected chi connectivity index (χ1v) is 12.8. The predicted molar refractivity (Wildman–Crippen MR) is 133 cm³/mol. The summed E-state index contributed by atoms with van der Waals surface area (Å²) < 4.78 is 5.27. The summed E-state index contributed by atoms with van der Waals surface area (Å²) in [5.41, 5.74) is 0.253.